The van der Waals surface area contributed by atoms with E-state index in [0.717, 1.165) is 22.3 Å². The molecule has 9 heteroatoms. The molecule has 2 aliphatic rings. The first-order chi connectivity index (χ1) is 17.9. The van der Waals surface area contributed by atoms with Gasteiger partial charge in [0.25, 0.3) is 0 Å². The van der Waals surface area contributed by atoms with Crippen molar-refractivity contribution in [3.8, 4) is 5.75 Å². The zero-order valence-electron chi connectivity index (χ0n) is 22.3. The van der Waals surface area contributed by atoms with Crippen LogP contribution in [-0.2, 0) is 19.6 Å². The van der Waals surface area contributed by atoms with Crippen LogP contribution in [0.4, 0.5) is 0 Å². The molecule has 4 atom stereocenters. The van der Waals surface area contributed by atoms with E-state index in [1.165, 1.54) is 12.1 Å². The van der Waals surface area contributed by atoms with Crippen molar-refractivity contribution in [3.05, 3.63) is 70.3 Å². The molecule has 2 aliphatic heterocycles. The fraction of sp³-hybridized carbons (Fsp3) is 0.483. The number of carboxylic acids is 1. The number of carbonyl (C=O) groups is 1. The summed E-state index contributed by atoms with van der Waals surface area (Å²) in [5.41, 5.74) is 3.82. The Hall–Kier alpha value is -2.39. The van der Waals surface area contributed by atoms with E-state index in [4.69, 9.17) is 21.1 Å². The number of sulfonamides is 1. The van der Waals surface area contributed by atoms with Gasteiger partial charge in [-0.1, -0.05) is 43.7 Å². The van der Waals surface area contributed by atoms with Crippen molar-refractivity contribution < 1.29 is 27.8 Å². The van der Waals surface area contributed by atoms with Crippen LogP contribution in [-0.4, -0.2) is 49.6 Å². The molecule has 2 saturated heterocycles. The van der Waals surface area contributed by atoms with Crippen LogP contribution in [0.2, 0.25) is 5.02 Å². The average Bonchev–Trinajstić information content (AvgIpc) is 2.86. The molecule has 0 spiro atoms. The average molecular weight is 562 g/mol. The Morgan fingerprint density at radius 3 is 2.55 bits per heavy atom. The number of hydrogen-bond donors (Lipinski definition) is 1. The van der Waals surface area contributed by atoms with Crippen LogP contribution in [0.15, 0.2) is 53.4 Å². The van der Waals surface area contributed by atoms with Crippen molar-refractivity contribution in [2.45, 2.75) is 63.6 Å². The Balaban J connectivity index is 1.63. The third-order valence-corrected chi connectivity index (χ3v) is 9.76. The minimum atomic E-state index is -3.65. The summed E-state index contributed by atoms with van der Waals surface area (Å²) in [7, 11) is -3.65. The van der Waals surface area contributed by atoms with E-state index >= 15 is 0 Å². The highest BCUT2D eigenvalue weighted by atomic mass is 35.5. The molecule has 0 aromatic heterocycles. The molecular formula is C29H36ClNO6S. The Labute approximate surface area is 230 Å². The molecule has 0 bridgehead atoms. The highest BCUT2D eigenvalue weighted by Crippen LogP contribution is 2.48. The molecule has 0 amide bonds. The van der Waals surface area contributed by atoms with Crippen LogP contribution in [0.1, 0.15) is 62.3 Å². The third kappa shape index (κ3) is 5.93. The van der Waals surface area contributed by atoms with Gasteiger partial charge in [0.05, 0.1) is 17.1 Å². The zero-order chi connectivity index (χ0) is 27.8. The van der Waals surface area contributed by atoms with Crippen LogP contribution in [0, 0.1) is 18.8 Å². The number of halogens is 1. The second-order valence-corrected chi connectivity index (χ2v) is 13.1. The number of carboxylic acid groups (broad SMARTS) is 1. The van der Waals surface area contributed by atoms with E-state index in [-0.39, 0.29) is 34.9 Å². The maximum Gasteiger partial charge on any atom is 0.341 e. The van der Waals surface area contributed by atoms with Crippen molar-refractivity contribution in [1.29, 1.82) is 0 Å². The smallest absolute Gasteiger partial charge is 0.341 e. The largest absolute Gasteiger partial charge is 0.482 e. The number of nitrogens with zero attached hydrogens (tertiary/aromatic N) is 1. The fourth-order valence-electron chi connectivity index (χ4n) is 5.57. The molecule has 7 nitrogen and oxygen atoms in total. The van der Waals surface area contributed by atoms with Crippen molar-refractivity contribution in [1.82, 2.24) is 4.31 Å². The summed E-state index contributed by atoms with van der Waals surface area (Å²) >= 11 is 5.96. The summed E-state index contributed by atoms with van der Waals surface area (Å²) in [4.78, 5) is 11.6. The van der Waals surface area contributed by atoms with Gasteiger partial charge in [-0.25, -0.2) is 13.2 Å². The fourth-order valence-corrected chi connectivity index (χ4v) is 7.21. The molecule has 206 valence electrons. The lowest BCUT2D eigenvalue weighted by Gasteiger charge is -2.47. The second-order valence-electron chi connectivity index (χ2n) is 10.7. The predicted octanol–water partition coefficient (Wildman–Crippen LogP) is 5.97. The number of fused-ring (bicyclic) bond motifs is 1. The minimum absolute atomic E-state index is 0.00223. The van der Waals surface area contributed by atoms with Gasteiger partial charge >= 0.3 is 5.97 Å². The molecular weight excluding hydrogens is 526 g/mol. The van der Waals surface area contributed by atoms with Gasteiger partial charge in [-0.3, -0.25) is 0 Å². The van der Waals surface area contributed by atoms with Crippen molar-refractivity contribution in [2.75, 3.05) is 19.7 Å². The number of hydrogen-bond acceptors (Lipinski definition) is 5. The Morgan fingerprint density at radius 1 is 1.26 bits per heavy atom. The Morgan fingerprint density at radius 2 is 1.95 bits per heavy atom. The van der Waals surface area contributed by atoms with Gasteiger partial charge < -0.3 is 14.6 Å². The summed E-state index contributed by atoms with van der Waals surface area (Å²) in [6, 6.07) is 10.3. The molecule has 1 N–H and O–H groups in total. The van der Waals surface area contributed by atoms with E-state index in [1.54, 1.807) is 16.4 Å². The van der Waals surface area contributed by atoms with E-state index in [2.05, 4.69) is 26.5 Å². The van der Waals surface area contributed by atoms with Gasteiger partial charge in [-0.2, -0.15) is 4.31 Å². The van der Waals surface area contributed by atoms with Gasteiger partial charge in [-0.05, 0) is 80.0 Å². The quantitative estimate of drug-likeness (QED) is 0.399. The molecule has 38 heavy (non-hydrogen) atoms. The number of piperidine rings is 1. The SMILES string of the molecule is C=C(C)[C@H]1C[C@@H]2CN(S(=O)(=O)c3ccc(Cl)cc3)CC[C@@H]2O[C@@H]1c1c(C)cc(C(C)C)cc1OCC(=O)O. The highest BCUT2D eigenvalue weighted by Gasteiger charge is 2.45. The Kier molecular flexibility index (Phi) is 8.57. The first kappa shape index (κ1) is 28.6. The topological polar surface area (TPSA) is 93.1 Å². The van der Waals surface area contributed by atoms with Gasteiger partial charge in [0.1, 0.15) is 5.75 Å². The maximum atomic E-state index is 13.3. The lowest BCUT2D eigenvalue weighted by atomic mass is 9.75. The molecule has 0 saturated carbocycles. The number of aliphatic carboxylic acids is 1. The molecule has 2 heterocycles. The maximum absolute atomic E-state index is 13.3. The Bertz CT molecular complexity index is 1310. The summed E-state index contributed by atoms with van der Waals surface area (Å²) < 4.78 is 40.8. The molecule has 2 aromatic carbocycles. The van der Waals surface area contributed by atoms with E-state index in [1.807, 2.05) is 19.9 Å². The summed E-state index contributed by atoms with van der Waals surface area (Å²) in [6.07, 6.45) is 0.772. The van der Waals surface area contributed by atoms with Gasteiger partial charge in [0.15, 0.2) is 6.61 Å². The van der Waals surface area contributed by atoms with Crippen molar-refractivity contribution >= 4 is 27.6 Å². The van der Waals surface area contributed by atoms with Gasteiger partial charge in [-0.15, -0.1) is 0 Å². The van der Waals surface area contributed by atoms with E-state index < -0.39 is 22.6 Å². The predicted molar refractivity (Wildman–Crippen MR) is 147 cm³/mol. The summed E-state index contributed by atoms with van der Waals surface area (Å²) in [5, 5.41) is 9.76. The van der Waals surface area contributed by atoms with Crippen LogP contribution in [0.3, 0.4) is 0 Å². The number of ether oxygens (including phenoxy) is 2. The van der Waals surface area contributed by atoms with E-state index in [0.29, 0.717) is 36.7 Å². The monoisotopic (exact) mass is 561 g/mol. The molecule has 0 unspecified atom stereocenters. The third-order valence-electron chi connectivity index (χ3n) is 7.63. The minimum Gasteiger partial charge on any atom is -0.482 e. The van der Waals surface area contributed by atoms with Gasteiger partial charge in [0, 0.05) is 29.6 Å². The number of rotatable bonds is 8. The van der Waals surface area contributed by atoms with Crippen LogP contribution in [0.5, 0.6) is 5.75 Å². The molecule has 4 rings (SSSR count). The van der Waals surface area contributed by atoms with Crippen LogP contribution in [0.25, 0.3) is 0 Å². The first-order valence-electron chi connectivity index (χ1n) is 12.9. The number of aryl methyl sites for hydroxylation is 1. The molecule has 0 radical (unpaired) electrons. The normalized spacial score (nSPS) is 24.2. The van der Waals surface area contributed by atoms with Crippen molar-refractivity contribution in [3.63, 3.8) is 0 Å². The zero-order valence-corrected chi connectivity index (χ0v) is 23.9. The summed E-state index contributed by atoms with van der Waals surface area (Å²) in [5.74, 6) is -0.351. The van der Waals surface area contributed by atoms with Gasteiger partial charge in [0.2, 0.25) is 10.0 Å². The van der Waals surface area contributed by atoms with E-state index in [9.17, 15) is 18.3 Å². The lowest BCUT2D eigenvalue weighted by molar-refractivity contribution is -0.139. The van der Waals surface area contributed by atoms with Crippen LogP contribution < -0.4 is 4.74 Å². The lowest BCUT2D eigenvalue weighted by Crippen LogP contribution is -2.50. The first-order valence-corrected chi connectivity index (χ1v) is 14.8. The molecule has 2 aromatic rings. The van der Waals surface area contributed by atoms with Crippen LogP contribution >= 0.6 is 11.6 Å². The highest BCUT2D eigenvalue weighted by molar-refractivity contribution is 7.89. The molecule has 2 fully saturated rings. The number of benzene rings is 2. The van der Waals surface area contributed by atoms with Crippen molar-refractivity contribution in [2.24, 2.45) is 11.8 Å². The molecule has 0 aliphatic carbocycles. The second kappa shape index (κ2) is 11.4. The summed E-state index contributed by atoms with van der Waals surface area (Å²) in [6.45, 7) is 12.6. The standard InChI is InChI=1S/C29H36ClNO6S/c1-17(2)20-12-19(5)28(26(14-20)36-16-27(32)33)29-24(18(3)4)13-21-15-31(11-10-25(21)37-29)38(34,35)23-8-6-22(30)7-9-23/h6-9,12,14,17,21,24-25,29H,3,10-11,13,15-16H2,1-2,4-5H3,(H,32,33)/t21-,24-,25+,29+/m1/s1.